The van der Waals surface area contributed by atoms with Crippen LogP contribution in [0.5, 0.6) is 5.75 Å². The zero-order valence-corrected chi connectivity index (χ0v) is 11.7. The summed E-state index contributed by atoms with van der Waals surface area (Å²) in [5.74, 6) is 1.07. The molecule has 8 nitrogen and oxygen atoms in total. The first kappa shape index (κ1) is 15.4. The molecular weight excluding hydrogens is 293 g/mol. The lowest BCUT2D eigenvalue weighted by molar-refractivity contribution is 0.195. The molecule has 1 heterocycles. The number of aromatic nitrogens is 4. The number of hydrogen-bond acceptors (Lipinski definition) is 5. The summed E-state index contributed by atoms with van der Waals surface area (Å²) in [5.41, 5.74) is 0.891. The number of halogens is 1. The summed E-state index contributed by atoms with van der Waals surface area (Å²) < 4.78 is 18.0. The summed E-state index contributed by atoms with van der Waals surface area (Å²) in [5, 5.41) is 22.2. The van der Waals surface area contributed by atoms with E-state index in [1.54, 1.807) is 31.2 Å². The van der Waals surface area contributed by atoms with E-state index in [0.29, 0.717) is 23.6 Å². The van der Waals surface area contributed by atoms with Gasteiger partial charge < -0.3 is 15.2 Å². The van der Waals surface area contributed by atoms with Gasteiger partial charge in [-0.05, 0) is 36.4 Å². The van der Waals surface area contributed by atoms with Crippen molar-refractivity contribution >= 4 is 6.09 Å². The topological polar surface area (TPSA) is 102 Å². The number of rotatable bonds is 6. The number of ether oxygens (including phenoxy) is 1. The van der Waals surface area contributed by atoms with Crippen LogP contribution >= 0.6 is 0 Å². The number of nitrogens with zero attached hydrogens (tertiary/aromatic N) is 4. The van der Waals surface area contributed by atoms with E-state index in [4.69, 9.17) is 9.84 Å². The van der Waals surface area contributed by atoms with E-state index in [9.17, 15) is 9.18 Å². The molecule has 0 aliphatic carbocycles. The van der Waals surface area contributed by atoms with Crippen molar-refractivity contribution in [3.05, 3.63) is 42.0 Å². The van der Waals surface area contributed by atoms with Gasteiger partial charge in [-0.25, -0.2) is 9.18 Å². The molecular formula is C13H14FN5O3. The average Bonchev–Trinajstić information content (AvgIpc) is 2.94. The quantitative estimate of drug-likeness (QED) is 0.838. The zero-order valence-electron chi connectivity index (χ0n) is 11.7. The Kier molecular flexibility index (Phi) is 5.02. The Morgan fingerprint density at radius 3 is 2.73 bits per heavy atom. The number of tetrazole rings is 1. The Morgan fingerprint density at radius 1 is 1.45 bits per heavy atom. The molecule has 0 aliphatic rings. The monoisotopic (exact) mass is 307 g/mol. The van der Waals surface area contributed by atoms with Crippen molar-refractivity contribution in [2.24, 2.45) is 0 Å². The molecule has 0 saturated carbocycles. The molecule has 0 aliphatic heterocycles. The summed E-state index contributed by atoms with van der Waals surface area (Å²) in [6.07, 6.45) is -0.897. The zero-order chi connectivity index (χ0) is 15.9. The molecule has 1 aromatic carbocycles. The summed E-state index contributed by atoms with van der Waals surface area (Å²) in [6.45, 7) is 1.54. The minimum Gasteiger partial charge on any atom is -0.489 e. The Labute approximate surface area is 125 Å². The lowest BCUT2D eigenvalue weighted by Crippen LogP contribution is -2.25. The van der Waals surface area contributed by atoms with Crippen LogP contribution in [0.15, 0.2) is 36.2 Å². The fourth-order valence-corrected chi connectivity index (χ4v) is 1.56. The average molecular weight is 307 g/mol. The molecule has 0 fully saturated rings. The van der Waals surface area contributed by atoms with Gasteiger partial charge in [-0.1, -0.05) is 0 Å². The van der Waals surface area contributed by atoms with Gasteiger partial charge in [0.05, 0.1) is 12.0 Å². The molecule has 1 amide bonds. The summed E-state index contributed by atoms with van der Waals surface area (Å²) in [6, 6.07) is 6.80. The molecule has 116 valence electrons. The number of carboxylic acid groups (broad SMARTS) is 1. The SMILES string of the molecule is Cc1nnn(-c2ccc(OC/C(=C\F)CNC(=O)O)cc2)n1. The smallest absolute Gasteiger partial charge is 0.404 e. The van der Waals surface area contributed by atoms with Crippen LogP contribution in [0.1, 0.15) is 5.82 Å². The minimum absolute atomic E-state index is 0.0587. The Morgan fingerprint density at radius 2 is 2.18 bits per heavy atom. The normalized spacial score (nSPS) is 11.3. The van der Waals surface area contributed by atoms with Gasteiger partial charge in [0.1, 0.15) is 12.4 Å². The second kappa shape index (κ2) is 7.16. The van der Waals surface area contributed by atoms with E-state index in [2.05, 4.69) is 20.7 Å². The van der Waals surface area contributed by atoms with E-state index < -0.39 is 6.09 Å². The van der Waals surface area contributed by atoms with Crippen molar-refractivity contribution in [3.8, 4) is 11.4 Å². The highest BCUT2D eigenvalue weighted by atomic mass is 19.1. The first-order valence-electron chi connectivity index (χ1n) is 6.33. The highest BCUT2D eigenvalue weighted by Gasteiger charge is 2.04. The van der Waals surface area contributed by atoms with Crippen molar-refractivity contribution in [3.63, 3.8) is 0 Å². The van der Waals surface area contributed by atoms with Crippen LogP contribution in [0.3, 0.4) is 0 Å². The number of amides is 1. The summed E-state index contributed by atoms with van der Waals surface area (Å²) >= 11 is 0. The third-order valence-corrected chi connectivity index (χ3v) is 2.63. The van der Waals surface area contributed by atoms with Gasteiger partial charge in [0.25, 0.3) is 0 Å². The molecule has 22 heavy (non-hydrogen) atoms. The van der Waals surface area contributed by atoms with Gasteiger partial charge in [-0.3, -0.25) is 0 Å². The predicted octanol–water partition coefficient (Wildman–Crippen LogP) is 1.47. The number of benzene rings is 1. The van der Waals surface area contributed by atoms with Crippen LogP contribution in [-0.2, 0) is 0 Å². The van der Waals surface area contributed by atoms with Gasteiger partial charge in [-0.15, -0.1) is 15.0 Å². The molecule has 0 bridgehead atoms. The van der Waals surface area contributed by atoms with E-state index in [-0.39, 0.29) is 18.7 Å². The largest absolute Gasteiger partial charge is 0.489 e. The van der Waals surface area contributed by atoms with E-state index in [1.807, 2.05) is 0 Å². The van der Waals surface area contributed by atoms with E-state index >= 15 is 0 Å². The molecule has 0 saturated heterocycles. The second-order valence-corrected chi connectivity index (χ2v) is 4.33. The molecule has 0 unspecified atom stereocenters. The lowest BCUT2D eigenvalue weighted by Gasteiger charge is -2.09. The molecule has 2 N–H and O–H groups in total. The Hall–Kier alpha value is -2.97. The number of nitrogens with one attached hydrogen (secondary N) is 1. The van der Waals surface area contributed by atoms with Gasteiger partial charge >= 0.3 is 6.09 Å². The van der Waals surface area contributed by atoms with Crippen LogP contribution in [0.2, 0.25) is 0 Å². The van der Waals surface area contributed by atoms with Crippen molar-refractivity contribution in [1.82, 2.24) is 25.5 Å². The lowest BCUT2D eigenvalue weighted by atomic mass is 10.3. The highest BCUT2D eigenvalue weighted by Crippen LogP contribution is 2.15. The van der Waals surface area contributed by atoms with Crippen molar-refractivity contribution in [1.29, 1.82) is 0 Å². The maximum absolute atomic E-state index is 12.6. The van der Waals surface area contributed by atoms with Gasteiger partial charge in [-0.2, -0.15) is 0 Å². The Balaban J connectivity index is 1.92. The van der Waals surface area contributed by atoms with Gasteiger partial charge in [0, 0.05) is 12.1 Å². The first-order valence-corrected chi connectivity index (χ1v) is 6.33. The van der Waals surface area contributed by atoms with E-state index in [0.717, 1.165) is 0 Å². The molecule has 1 aromatic heterocycles. The molecule has 0 atom stereocenters. The number of carbonyl (C=O) groups is 1. The molecule has 9 heteroatoms. The highest BCUT2D eigenvalue weighted by molar-refractivity contribution is 5.64. The maximum Gasteiger partial charge on any atom is 0.404 e. The minimum atomic E-state index is -1.22. The van der Waals surface area contributed by atoms with Gasteiger partial charge in [0.2, 0.25) is 0 Å². The molecule has 2 rings (SSSR count). The summed E-state index contributed by atoms with van der Waals surface area (Å²) in [4.78, 5) is 11.7. The third-order valence-electron chi connectivity index (χ3n) is 2.63. The predicted molar refractivity (Wildman–Crippen MR) is 74.6 cm³/mol. The van der Waals surface area contributed by atoms with Crippen molar-refractivity contribution in [2.45, 2.75) is 6.92 Å². The van der Waals surface area contributed by atoms with Crippen LogP contribution in [0.4, 0.5) is 9.18 Å². The maximum atomic E-state index is 12.6. The second-order valence-electron chi connectivity index (χ2n) is 4.33. The van der Waals surface area contributed by atoms with Crippen LogP contribution in [0, 0.1) is 6.92 Å². The number of aryl methyl sites for hydroxylation is 1. The fraction of sp³-hybridized carbons (Fsp3) is 0.231. The van der Waals surface area contributed by atoms with Crippen LogP contribution < -0.4 is 10.1 Å². The van der Waals surface area contributed by atoms with Crippen LogP contribution in [0.25, 0.3) is 5.69 Å². The molecule has 0 radical (unpaired) electrons. The molecule has 0 spiro atoms. The van der Waals surface area contributed by atoms with E-state index in [1.165, 1.54) is 4.80 Å². The first-order chi connectivity index (χ1) is 10.6. The third kappa shape index (κ3) is 4.27. The van der Waals surface area contributed by atoms with Crippen LogP contribution in [-0.4, -0.2) is 44.6 Å². The Bertz CT molecular complexity index is 669. The van der Waals surface area contributed by atoms with Crippen molar-refractivity contribution in [2.75, 3.05) is 13.2 Å². The van der Waals surface area contributed by atoms with Gasteiger partial charge in [0.15, 0.2) is 5.82 Å². The summed E-state index contributed by atoms with van der Waals surface area (Å²) in [7, 11) is 0. The number of hydrogen-bond donors (Lipinski definition) is 2. The molecule has 2 aromatic rings. The van der Waals surface area contributed by atoms with Crippen molar-refractivity contribution < 1.29 is 19.0 Å². The standard InChI is InChI=1S/C13H14FN5O3/c1-9-16-18-19(17-9)11-2-4-12(5-3-11)22-8-10(6-14)7-15-13(20)21/h2-6,15H,7-8H2,1H3,(H,20,21)/b10-6-. The fourth-order valence-electron chi connectivity index (χ4n) is 1.56.